The van der Waals surface area contributed by atoms with Crippen LogP contribution in [0.5, 0.6) is 5.75 Å². The van der Waals surface area contributed by atoms with Gasteiger partial charge in [0.05, 0.1) is 7.11 Å². The quantitative estimate of drug-likeness (QED) is 0.707. The molecular formula is C23H29NO5. The Labute approximate surface area is 172 Å². The topological polar surface area (TPSA) is 73.9 Å². The number of nitrogens with one attached hydrogen (secondary N) is 1. The SMILES string of the molecule is COC(=O)[C@H](Cc1ccc(OCc2ccc(C)cc2)cc1)NC(=O)OC(C)(C)C. The monoisotopic (exact) mass is 399 g/mol. The third-order valence-electron chi connectivity index (χ3n) is 4.07. The normalized spacial score (nSPS) is 12.0. The van der Waals surface area contributed by atoms with Crippen molar-refractivity contribution in [1.29, 1.82) is 0 Å². The smallest absolute Gasteiger partial charge is 0.408 e. The van der Waals surface area contributed by atoms with Crippen molar-refractivity contribution < 1.29 is 23.8 Å². The molecule has 0 aliphatic rings. The van der Waals surface area contributed by atoms with E-state index in [9.17, 15) is 9.59 Å². The molecule has 0 radical (unpaired) electrons. The van der Waals surface area contributed by atoms with E-state index in [1.165, 1.54) is 12.7 Å². The van der Waals surface area contributed by atoms with E-state index in [1.807, 2.05) is 55.5 Å². The van der Waals surface area contributed by atoms with Crippen LogP contribution in [0.25, 0.3) is 0 Å². The number of aryl methyl sites for hydroxylation is 1. The lowest BCUT2D eigenvalue weighted by Gasteiger charge is -2.22. The maximum absolute atomic E-state index is 12.1. The lowest BCUT2D eigenvalue weighted by atomic mass is 10.1. The van der Waals surface area contributed by atoms with Gasteiger partial charge in [-0.05, 0) is 51.0 Å². The summed E-state index contributed by atoms with van der Waals surface area (Å²) in [4.78, 5) is 24.1. The highest BCUT2D eigenvalue weighted by Crippen LogP contribution is 2.16. The molecule has 1 atom stereocenters. The second-order valence-electron chi connectivity index (χ2n) is 7.84. The number of carbonyl (C=O) groups is 2. The average molecular weight is 399 g/mol. The van der Waals surface area contributed by atoms with Crippen LogP contribution in [0.15, 0.2) is 48.5 Å². The molecule has 2 aromatic rings. The van der Waals surface area contributed by atoms with Gasteiger partial charge in [0.15, 0.2) is 0 Å². The number of carbonyl (C=O) groups excluding carboxylic acids is 2. The number of alkyl carbamates (subject to hydrolysis) is 1. The second-order valence-corrected chi connectivity index (χ2v) is 7.84. The second kappa shape index (κ2) is 9.96. The summed E-state index contributed by atoms with van der Waals surface area (Å²) in [5, 5.41) is 2.57. The maximum atomic E-state index is 12.1. The van der Waals surface area contributed by atoms with Gasteiger partial charge < -0.3 is 19.5 Å². The highest BCUT2D eigenvalue weighted by Gasteiger charge is 2.25. The molecule has 0 bridgehead atoms. The predicted octanol–water partition coefficient (Wildman–Crippen LogP) is 4.18. The van der Waals surface area contributed by atoms with Gasteiger partial charge in [-0.15, -0.1) is 0 Å². The minimum Gasteiger partial charge on any atom is -0.489 e. The van der Waals surface area contributed by atoms with Crippen LogP contribution in [-0.4, -0.2) is 30.8 Å². The highest BCUT2D eigenvalue weighted by atomic mass is 16.6. The Hall–Kier alpha value is -3.02. The molecule has 1 amide bonds. The molecule has 0 aliphatic carbocycles. The fourth-order valence-corrected chi connectivity index (χ4v) is 2.59. The molecule has 0 fully saturated rings. The van der Waals surface area contributed by atoms with Gasteiger partial charge >= 0.3 is 12.1 Å². The Kier molecular flexibility index (Phi) is 7.65. The first-order valence-corrected chi connectivity index (χ1v) is 9.51. The van der Waals surface area contributed by atoms with E-state index in [0.29, 0.717) is 6.61 Å². The number of methoxy groups -OCH3 is 1. The van der Waals surface area contributed by atoms with E-state index in [1.54, 1.807) is 20.8 Å². The molecule has 29 heavy (non-hydrogen) atoms. The highest BCUT2D eigenvalue weighted by molar-refractivity contribution is 5.81. The molecule has 2 rings (SSSR count). The molecule has 156 valence electrons. The van der Waals surface area contributed by atoms with E-state index >= 15 is 0 Å². The van der Waals surface area contributed by atoms with Crippen molar-refractivity contribution in [3.05, 3.63) is 65.2 Å². The third-order valence-corrected chi connectivity index (χ3v) is 4.07. The van der Waals surface area contributed by atoms with Crippen molar-refractivity contribution in [2.24, 2.45) is 0 Å². The molecule has 1 N–H and O–H groups in total. The maximum Gasteiger partial charge on any atom is 0.408 e. The molecular weight excluding hydrogens is 370 g/mol. The summed E-state index contributed by atoms with van der Waals surface area (Å²) in [5.74, 6) is 0.194. The first-order chi connectivity index (χ1) is 13.7. The first-order valence-electron chi connectivity index (χ1n) is 9.51. The molecule has 0 unspecified atom stereocenters. The van der Waals surface area contributed by atoms with Gasteiger partial charge in [0.2, 0.25) is 0 Å². The first kappa shape index (κ1) is 22.3. The van der Waals surface area contributed by atoms with Crippen LogP contribution in [0, 0.1) is 6.92 Å². The number of amides is 1. The zero-order chi connectivity index (χ0) is 21.4. The van der Waals surface area contributed by atoms with E-state index in [0.717, 1.165) is 16.9 Å². The zero-order valence-corrected chi connectivity index (χ0v) is 17.7. The third kappa shape index (κ3) is 7.86. The molecule has 0 aliphatic heterocycles. The molecule has 6 nitrogen and oxygen atoms in total. The van der Waals surface area contributed by atoms with E-state index in [2.05, 4.69) is 5.32 Å². The van der Waals surface area contributed by atoms with Gasteiger partial charge in [-0.1, -0.05) is 42.0 Å². The van der Waals surface area contributed by atoms with Crippen LogP contribution >= 0.6 is 0 Å². The van der Waals surface area contributed by atoms with Crippen LogP contribution in [0.4, 0.5) is 4.79 Å². The predicted molar refractivity (Wildman–Crippen MR) is 111 cm³/mol. The minimum atomic E-state index is -0.839. The van der Waals surface area contributed by atoms with Gasteiger partial charge in [0.25, 0.3) is 0 Å². The van der Waals surface area contributed by atoms with Crippen molar-refractivity contribution in [2.45, 2.75) is 52.4 Å². The van der Waals surface area contributed by atoms with Gasteiger partial charge in [-0.25, -0.2) is 9.59 Å². The summed E-state index contributed by atoms with van der Waals surface area (Å²) in [7, 11) is 1.29. The lowest BCUT2D eigenvalue weighted by molar-refractivity contribution is -0.143. The molecule has 0 heterocycles. The number of ether oxygens (including phenoxy) is 3. The number of esters is 1. The van der Waals surface area contributed by atoms with Crippen LogP contribution < -0.4 is 10.1 Å². The molecule has 0 saturated carbocycles. The number of rotatable bonds is 7. The fourth-order valence-electron chi connectivity index (χ4n) is 2.59. The summed E-state index contributed by atoms with van der Waals surface area (Å²) in [5.41, 5.74) is 2.51. The van der Waals surface area contributed by atoms with Gasteiger partial charge in [-0.2, -0.15) is 0 Å². The summed E-state index contributed by atoms with van der Waals surface area (Å²) in [6.07, 6.45) is -0.379. The summed E-state index contributed by atoms with van der Waals surface area (Å²) in [6, 6.07) is 14.7. The van der Waals surface area contributed by atoms with E-state index in [4.69, 9.17) is 14.2 Å². The Morgan fingerprint density at radius 2 is 1.55 bits per heavy atom. The molecule has 0 spiro atoms. The number of hydrogen-bond acceptors (Lipinski definition) is 5. The van der Waals surface area contributed by atoms with Crippen molar-refractivity contribution in [3.63, 3.8) is 0 Å². The summed E-state index contributed by atoms with van der Waals surface area (Å²) >= 11 is 0. The van der Waals surface area contributed by atoms with Crippen molar-refractivity contribution in [2.75, 3.05) is 7.11 Å². The summed E-state index contributed by atoms with van der Waals surface area (Å²) < 4.78 is 15.8. The standard InChI is InChI=1S/C23H29NO5/c1-16-6-8-18(9-7-16)15-28-19-12-10-17(11-13-19)14-20(21(25)27-5)24-22(26)29-23(2,3)4/h6-13,20H,14-15H2,1-5H3,(H,24,26)/t20-/m0/s1. The molecule has 0 saturated heterocycles. The van der Waals surface area contributed by atoms with Gasteiger partial charge in [0, 0.05) is 6.42 Å². The van der Waals surface area contributed by atoms with Crippen LogP contribution in [0.3, 0.4) is 0 Å². The molecule has 0 aromatic heterocycles. The number of benzene rings is 2. The van der Waals surface area contributed by atoms with E-state index in [-0.39, 0.29) is 6.42 Å². The van der Waals surface area contributed by atoms with Gasteiger partial charge in [-0.3, -0.25) is 0 Å². The molecule has 6 heteroatoms. The molecule has 2 aromatic carbocycles. The fraction of sp³-hybridized carbons (Fsp3) is 0.391. The Balaban J connectivity index is 1.95. The zero-order valence-electron chi connectivity index (χ0n) is 17.7. The van der Waals surface area contributed by atoms with Crippen LogP contribution in [0.1, 0.15) is 37.5 Å². The Morgan fingerprint density at radius 1 is 0.966 bits per heavy atom. The summed E-state index contributed by atoms with van der Waals surface area (Å²) in [6.45, 7) is 7.80. The Morgan fingerprint density at radius 3 is 2.10 bits per heavy atom. The van der Waals surface area contributed by atoms with Crippen molar-refractivity contribution >= 4 is 12.1 Å². The average Bonchev–Trinajstić information content (AvgIpc) is 2.66. The van der Waals surface area contributed by atoms with Crippen molar-refractivity contribution in [1.82, 2.24) is 5.32 Å². The van der Waals surface area contributed by atoms with Gasteiger partial charge in [0.1, 0.15) is 24.0 Å². The van der Waals surface area contributed by atoms with Crippen LogP contribution in [-0.2, 0) is 27.3 Å². The van der Waals surface area contributed by atoms with Crippen molar-refractivity contribution in [3.8, 4) is 5.75 Å². The largest absolute Gasteiger partial charge is 0.489 e. The minimum absolute atomic E-state index is 0.282. The Bertz CT molecular complexity index is 807. The van der Waals surface area contributed by atoms with Crippen LogP contribution in [0.2, 0.25) is 0 Å². The number of hydrogen-bond donors (Lipinski definition) is 1. The lowest BCUT2D eigenvalue weighted by Crippen LogP contribution is -2.45. The van der Waals surface area contributed by atoms with E-state index < -0.39 is 23.7 Å².